The van der Waals surface area contributed by atoms with Crippen LogP contribution in [0.5, 0.6) is 0 Å². The molecule has 100 valence electrons. The minimum absolute atomic E-state index is 0.0633. The van der Waals surface area contributed by atoms with Crippen molar-refractivity contribution in [3.63, 3.8) is 0 Å². The number of rotatable bonds is 2. The number of piperidine rings is 1. The fourth-order valence-corrected chi connectivity index (χ4v) is 3.15. The van der Waals surface area contributed by atoms with Crippen molar-refractivity contribution >= 4 is 26.8 Å². The maximum Gasteiger partial charge on any atom is 0.251 e. The van der Waals surface area contributed by atoms with Gasteiger partial charge in [0.15, 0.2) is 0 Å². The van der Waals surface area contributed by atoms with Crippen LogP contribution in [0.15, 0.2) is 33.5 Å². The summed E-state index contributed by atoms with van der Waals surface area (Å²) in [6, 6.07) is 7.98. The summed E-state index contributed by atoms with van der Waals surface area (Å²) in [5.74, 6) is 0.631. The molecule has 19 heavy (non-hydrogen) atoms. The van der Waals surface area contributed by atoms with Crippen molar-refractivity contribution in [1.82, 2.24) is 10.3 Å². The summed E-state index contributed by atoms with van der Waals surface area (Å²) in [6.45, 7) is 2.14. The molecule has 2 heterocycles. The zero-order valence-corrected chi connectivity index (χ0v) is 12.3. The Morgan fingerprint density at radius 1 is 1.21 bits per heavy atom. The SMILES string of the molecule is O=c1[nH]c2ccc(Br)cc2cc1CC1CCNCC1. The zero-order chi connectivity index (χ0) is 13.2. The number of fused-ring (bicyclic) bond motifs is 1. The van der Waals surface area contributed by atoms with Crippen LogP contribution in [0.25, 0.3) is 10.9 Å². The number of aromatic amines is 1. The Kier molecular flexibility index (Phi) is 3.71. The summed E-state index contributed by atoms with van der Waals surface area (Å²) in [5, 5.41) is 4.46. The van der Waals surface area contributed by atoms with Crippen molar-refractivity contribution < 1.29 is 0 Å². The maximum atomic E-state index is 12.1. The third kappa shape index (κ3) is 2.90. The van der Waals surface area contributed by atoms with Gasteiger partial charge in [0.05, 0.1) is 0 Å². The Morgan fingerprint density at radius 2 is 2.00 bits per heavy atom. The summed E-state index contributed by atoms with van der Waals surface area (Å²) in [5.41, 5.74) is 1.88. The molecule has 1 aromatic carbocycles. The summed E-state index contributed by atoms with van der Waals surface area (Å²) in [6.07, 6.45) is 3.21. The van der Waals surface area contributed by atoms with Gasteiger partial charge in [0, 0.05) is 15.6 Å². The highest BCUT2D eigenvalue weighted by atomic mass is 79.9. The van der Waals surface area contributed by atoms with E-state index in [0.29, 0.717) is 5.92 Å². The third-order valence-corrected chi connectivity index (χ3v) is 4.34. The van der Waals surface area contributed by atoms with Gasteiger partial charge in [0.25, 0.3) is 5.56 Å². The lowest BCUT2D eigenvalue weighted by molar-refractivity contribution is 0.372. The fourth-order valence-electron chi connectivity index (χ4n) is 2.77. The number of benzene rings is 1. The number of hydrogen-bond donors (Lipinski definition) is 2. The number of pyridine rings is 1. The lowest BCUT2D eigenvalue weighted by Gasteiger charge is -2.22. The standard InChI is InChI=1S/C15H17BrN2O/c16-13-1-2-14-11(9-13)8-12(15(19)18-14)7-10-3-5-17-6-4-10/h1-2,8-10,17H,3-7H2,(H,18,19). The molecule has 0 unspecified atom stereocenters. The van der Waals surface area contributed by atoms with Crippen molar-refractivity contribution in [2.24, 2.45) is 5.92 Å². The van der Waals surface area contributed by atoms with Crippen molar-refractivity contribution in [1.29, 1.82) is 0 Å². The normalized spacial score (nSPS) is 16.9. The summed E-state index contributed by atoms with van der Waals surface area (Å²) >= 11 is 3.47. The molecular formula is C15H17BrN2O. The second-order valence-corrected chi connectivity index (χ2v) is 6.17. The Labute approximate surface area is 120 Å². The Morgan fingerprint density at radius 3 is 2.79 bits per heavy atom. The molecule has 1 aliphatic heterocycles. The van der Waals surface area contributed by atoms with Gasteiger partial charge in [-0.05, 0) is 67.9 Å². The van der Waals surface area contributed by atoms with Crippen molar-refractivity contribution in [2.75, 3.05) is 13.1 Å². The first-order valence-corrected chi connectivity index (χ1v) is 7.54. The van der Waals surface area contributed by atoms with Crippen LogP contribution in [0.4, 0.5) is 0 Å². The predicted octanol–water partition coefficient (Wildman–Crippen LogP) is 2.83. The molecule has 1 saturated heterocycles. The van der Waals surface area contributed by atoms with E-state index in [0.717, 1.165) is 53.3 Å². The maximum absolute atomic E-state index is 12.1. The van der Waals surface area contributed by atoms with E-state index in [1.54, 1.807) is 0 Å². The Bertz CT molecular complexity index is 644. The molecule has 0 radical (unpaired) electrons. The van der Waals surface area contributed by atoms with Gasteiger partial charge in [-0.2, -0.15) is 0 Å². The van der Waals surface area contributed by atoms with Crippen molar-refractivity contribution in [3.05, 3.63) is 44.7 Å². The largest absolute Gasteiger partial charge is 0.322 e. The lowest BCUT2D eigenvalue weighted by atomic mass is 9.91. The molecule has 0 amide bonds. The van der Waals surface area contributed by atoms with E-state index in [9.17, 15) is 4.79 Å². The van der Waals surface area contributed by atoms with E-state index >= 15 is 0 Å². The van der Waals surface area contributed by atoms with Crippen LogP contribution >= 0.6 is 15.9 Å². The highest BCUT2D eigenvalue weighted by molar-refractivity contribution is 9.10. The first kappa shape index (κ1) is 12.9. The summed E-state index contributed by atoms with van der Waals surface area (Å²) in [4.78, 5) is 15.1. The van der Waals surface area contributed by atoms with E-state index in [-0.39, 0.29) is 5.56 Å². The molecule has 1 fully saturated rings. The molecule has 3 nitrogen and oxygen atoms in total. The average molecular weight is 321 g/mol. The molecule has 4 heteroatoms. The van der Waals surface area contributed by atoms with Crippen LogP contribution in [0.3, 0.4) is 0 Å². The number of aromatic nitrogens is 1. The van der Waals surface area contributed by atoms with E-state index in [4.69, 9.17) is 0 Å². The minimum Gasteiger partial charge on any atom is -0.322 e. The molecule has 1 aliphatic rings. The molecular weight excluding hydrogens is 304 g/mol. The summed E-state index contributed by atoms with van der Waals surface area (Å²) in [7, 11) is 0. The van der Waals surface area contributed by atoms with Gasteiger partial charge in [-0.25, -0.2) is 0 Å². The third-order valence-electron chi connectivity index (χ3n) is 3.85. The molecule has 1 aromatic heterocycles. The van der Waals surface area contributed by atoms with Gasteiger partial charge in [-0.1, -0.05) is 15.9 Å². The van der Waals surface area contributed by atoms with Crippen molar-refractivity contribution in [3.8, 4) is 0 Å². The van der Waals surface area contributed by atoms with Crippen LogP contribution in [-0.2, 0) is 6.42 Å². The topological polar surface area (TPSA) is 44.9 Å². The number of halogens is 1. The molecule has 2 aromatic rings. The predicted molar refractivity (Wildman–Crippen MR) is 81.6 cm³/mol. The van der Waals surface area contributed by atoms with Gasteiger partial charge >= 0.3 is 0 Å². The molecule has 0 aliphatic carbocycles. The van der Waals surface area contributed by atoms with Gasteiger partial charge in [-0.15, -0.1) is 0 Å². The quantitative estimate of drug-likeness (QED) is 0.893. The van der Waals surface area contributed by atoms with Crippen LogP contribution in [-0.4, -0.2) is 18.1 Å². The van der Waals surface area contributed by atoms with Crippen LogP contribution < -0.4 is 10.9 Å². The lowest BCUT2D eigenvalue weighted by Crippen LogP contribution is -2.29. The minimum atomic E-state index is 0.0633. The van der Waals surface area contributed by atoms with Gasteiger partial charge in [0.2, 0.25) is 0 Å². The monoisotopic (exact) mass is 320 g/mol. The molecule has 3 rings (SSSR count). The smallest absolute Gasteiger partial charge is 0.251 e. The number of nitrogens with one attached hydrogen (secondary N) is 2. The first-order valence-electron chi connectivity index (χ1n) is 6.74. The second kappa shape index (κ2) is 5.47. The van der Waals surface area contributed by atoms with E-state index in [1.807, 2.05) is 18.2 Å². The Balaban J connectivity index is 1.93. The fraction of sp³-hybridized carbons (Fsp3) is 0.400. The number of hydrogen-bond acceptors (Lipinski definition) is 2. The molecule has 0 saturated carbocycles. The first-order chi connectivity index (χ1) is 9.22. The average Bonchev–Trinajstić information content (AvgIpc) is 2.41. The molecule has 0 bridgehead atoms. The van der Waals surface area contributed by atoms with Crippen LogP contribution in [0.1, 0.15) is 18.4 Å². The molecule has 2 N–H and O–H groups in total. The zero-order valence-electron chi connectivity index (χ0n) is 10.7. The highest BCUT2D eigenvalue weighted by Gasteiger charge is 2.15. The molecule has 0 spiro atoms. The van der Waals surface area contributed by atoms with E-state index in [1.165, 1.54) is 0 Å². The van der Waals surface area contributed by atoms with Crippen molar-refractivity contribution in [2.45, 2.75) is 19.3 Å². The summed E-state index contributed by atoms with van der Waals surface area (Å²) < 4.78 is 1.04. The van der Waals surface area contributed by atoms with Crippen LogP contribution in [0.2, 0.25) is 0 Å². The second-order valence-electron chi connectivity index (χ2n) is 5.25. The molecule has 0 atom stereocenters. The highest BCUT2D eigenvalue weighted by Crippen LogP contribution is 2.21. The van der Waals surface area contributed by atoms with E-state index < -0.39 is 0 Å². The van der Waals surface area contributed by atoms with Gasteiger partial charge in [0.1, 0.15) is 0 Å². The van der Waals surface area contributed by atoms with Gasteiger partial charge < -0.3 is 10.3 Å². The van der Waals surface area contributed by atoms with E-state index in [2.05, 4.69) is 32.3 Å². The number of H-pyrrole nitrogens is 1. The van der Waals surface area contributed by atoms with Gasteiger partial charge in [-0.3, -0.25) is 4.79 Å². The Hall–Kier alpha value is -1.13. The van der Waals surface area contributed by atoms with Crippen LogP contribution in [0, 0.1) is 5.92 Å².